The van der Waals surface area contributed by atoms with E-state index in [-0.39, 0.29) is 24.0 Å². The van der Waals surface area contributed by atoms with E-state index in [9.17, 15) is 0 Å². The molecule has 1 N–H and O–H groups in total. The number of halogens is 1. The summed E-state index contributed by atoms with van der Waals surface area (Å²) in [7, 11) is 1.88. The van der Waals surface area contributed by atoms with Crippen molar-refractivity contribution in [1.29, 1.82) is 0 Å². The zero-order valence-corrected chi connectivity index (χ0v) is 17.2. The van der Waals surface area contributed by atoms with Crippen molar-refractivity contribution in [3.05, 3.63) is 71.8 Å². The molecule has 1 aliphatic rings. The normalized spacial score (nSPS) is 17.2. The van der Waals surface area contributed by atoms with Crippen LogP contribution >= 0.6 is 24.0 Å². The van der Waals surface area contributed by atoms with Gasteiger partial charge in [0.2, 0.25) is 0 Å². The summed E-state index contributed by atoms with van der Waals surface area (Å²) in [4.78, 5) is 6.86. The van der Waals surface area contributed by atoms with Crippen LogP contribution in [-0.2, 0) is 6.42 Å². The van der Waals surface area contributed by atoms with Crippen LogP contribution < -0.4 is 5.32 Å². The third kappa shape index (κ3) is 5.73. The molecule has 3 rings (SSSR count). The number of nitrogens with zero attached hydrogens (tertiary/aromatic N) is 2. The number of aliphatic imine (C=N–C) groups is 1. The fourth-order valence-electron chi connectivity index (χ4n) is 3.42. The van der Waals surface area contributed by atoms with E-state index in [1.165, 1.54) is 17.5 Å². The Morgan fingerprint density at radius 2 is 1.76 bits per heavy atom. The van der Waals surface area contributed by atoms with Crippen LogP contribution in [0.3, 0.4) is 0 Å². The van der Waals surface area contributed by atoms with E-state index < -0.39 is 0 Å². The average molecular weight is 449 g/mol. The highest BCUT2D eigenvalue weighted by Crippen LogP contribution is 2.26. The number of guanidine groups is 1. The minimum absolute atomic E-state index is 0. The van der Waals surface area contributed by atoms with Crippen molar-refractivity contribution in [3.8, 4) is 0 Å². The molecule has 0 saturated carbocycles. The van der Waals surface area contributed by atoms with E-state index in [1.807, 2.05) is 7.05 Å². The predicted molar refractivity (Wildman–Crippen MR) is 117 cm³/mol. The molecule has 2 aromatic carbocycles. The van der Waals surface area contributed by atoms with Gasteiger partial charge in [0.05, 0.1) is 0 Å². The molecule has 25 heavy (non-hydrogen) atoms. The molecule has 3 nitrogen and oxygen atoms in total. The van der Waals surface area contributed by atoms with Gasteiger partial charge in [0, 0.05) is 32.6 Å². The van der Waals surface area contributed by atoms with Crippen molar-refractivity contribution < 1.29 is 0 Å². The van der Waals surface area contributed by atoms with Crippen LogP contribution in [0.25, 0.3) is 0 Å². The summed E-state index contributed by atoms with van der Waals surface area (Å²) in [5, 5.41) is 3.53. The molecule has 0 bridgehead atoms. The van der Waals surface area contributed by atoms with Gasteiger partial charge >= 0.3 is 0 Å². The van der Waals surface area contributed by atoms with E-state index in [0.717, 1.165) is 38.4 Å². The maximum atomic E-state index is 4.47. The molecule has 1 fully saturated rings. The molecule has 0 amide bonds. The second-order valence-electron chi connectivity index (χ2n) is 6.41. The van der Waals surface area contributed by atoms with Crippen molar-refractivity contribution in [2.24, 2.45) is 4.99 Å². The molecule has 1 unspecified atom stereocenters. The molecule has 134 valence electrons. The fraction of sp³-hybridized carbons (Fsp3) is 0.381. The molecule has 1 heterocycles. The smallest absolute Gasteiger partial charge is 0.193 e. The number of benzene rings is 2. The lowest BCUT2D eigenvalue weighted by Crippen LogP contribution is -2.40. The Morgan fingerprint density at radius 1 is 1.08 bits per heavy atom. The molecule has 4 heteroatoms. The summed E-state index contributed by atoms with van der Waals surface area (Å²) in [5.74, 6) is 1.66. The first-order valence-electron chi connectivity index (χ1n) is 8.91. The highest BCUT2D eigenvalue weighted by Gasteiger charge is 2.25. The minimum atomic E-state index is 0. The summed E-state index contributed by atoms with van der Waals surface area (Å²) in [6, 6.07) is 21.5. The van der Waals surface area contributed by atoms with Gasteiger partial charge in [-0.25, -0.2) is 0 Å². The maximum absolute atomic E-state index is 4.47. The molecular formula is C21H28IN3. The third-order valence-electron chi connectivity index (χ3n) is 4.74. The molecule has 2 aromatic rings. The Balaban J connectivity index is 0.00000225. The maximum Gasteiger partial charge on any atom is 0.193 e. The van der Waals surface area contributed by atoms with Gasteiger partial charge in [-0.15, -0.1) is 24.0 Å². The van der Waals surface area contributed by atoms with Gasteiger partial charge in [-0.05, 0) is 30.4 Å². The minimum Gasteiger partial charge on any atom is -0.356 e. The van der Waals surface area contributed by atoms with Crippen LogP contribution in [0.15, 0.2) is 65.7 Å². The monoisotopic (exact) mass is 449 g/mol. The van der Waals surface area contributed by atoms with Crippen LogP contribution in [0.5, 0.6) is 0 Å². The molecule has 0 aliphatic carbocycles. The number of likely N-dealkylation sites (tertiary alicyclic amines) is 1. The molecule has 1 atom stereocenters. The van der Waals surface area contributed by atoms with E-state index >= 15 is 0 Å². The van der Waals surface area contributed by atoms with Crippen LogP contribution in [0.1, 0.15) is 29.9 Å². The topological polar surface area (TPSA) is 27.6 Å². The predicted octanol–water partition coefficient (Wildman–Crippen LogP) is 4.30. The molecule has 1 saturated heterocycles. The number of aryl methyl sites for hydroxylation is 1. The van der Waals surface area contributed by atoms with Gasteiger partial charge in [-0.2, -0.15) is 0 Å². The van der Waals surface area contributed by atoms with E-state index in [0.29, 0.717) is 5.92 Å². The lowest BCUT2D eigenvalue weighted by molar-refractivity contribution is 0.485. The quantitative estimate of drug-likeness (QED) is 0.319. The highest BCUT2D eigenvalue weighted by atomic mass is 127. The Morgan fingerprint density at radius 3 is 2.44 bits per heavy atom. The summed E-state index contributed by atoms with van der Waals surface area (Å²) < 4.78 is 0. The zero-order chi connectivity index (χ0) is 16.6. The molecule has 0 radical (unpaired) electrons. The van der Waals surface area contributed by atoms with Crippen LogP contribution in [0.2, 0.25) is 0 Å². The SMILES string of the molecule is CN=C(NCCCc1ccccc1)N1CCC(c2ccccc2)C1.I. The molecule has 1 aliphatic heterocycles. The van der Waals surface area contributed by atoms with E-state index in [2.05, 4.69) is 75.9 Å². The Kier molecular flexibility index (Phi) is 8.25. The summed E-state index contributed by atoms with van der Waals surface area (Å²) in [6.07, 6.45) is 3.44. The molecule has 0 spiro atoms. The summed E-state index contributed by atoms with van der Waals surface area (Å²) >= 11 is 0. The fourth-order valence-corrected chi connectivity index (χ4v) is 3.42. The summed E-state index contributed by atoms with van der Waals surface area (Å²) in [6.45, 7) is 3.11. The van der Waals surface area contributed by atoms with Crippen molar-refractivity contribution in [3.63, 3.8) is 0 Å². The van der Waals surface area contributed by atoms with E-state index in [1.54, 1.807) is 0 Å². The van der Waals surface area contributed by atoms with Crippen molar-refractivity contribution >= 4 is 29.9 Å². The number of hydrogen-bond acceptors (Lipinski definition) is 1. The second-order valence-corrected chi connectivity index (χ2v) is 6.41. The van der Waals surface area contributed by atoms with Crippen LogP contribution in [-0.4, -0.2) is 37.5 Å². The van der Waals surface area contributed by atoms with Gasteiger partial charge < -0.3 is 10.2 Å². The Labute approximate surface area is 168 Å². The first-order chi connectivity index (χ1) is 11.9. The van der Waals surface area contributed by atoms with Crippen molar-refractivity contribution in [2.75, 3.05) is 26.7 Å². The second kappa shape index (κ2) is 10.4. The first-order valence-corrected chi connectivity index (χ1v) is 8.91. The Bertz CT molecular complexity index is 643. The standard InChI is InChI=1S/C21H27N3.HI/c1-22-21(23-15-8-11-18-9-4-2-5-10-18)24-16-14-20(17-24)19-12-6-3-7-13-19;/h2-7,9-10,12-13,20H,8,11,14-17H2,1H3,(H,22,23);1H. The van der Waals surface area contributed by atoms with E-state index in [4.69, 9.17) is 0 Å². The number of rotatable bonds is 5. The third-order valence-corrected chi connectivity index (χ3v) is 4.74. The average Bonchev–Trinajstić information content (AvgIpc) is 3.13. The van der Waals surface area contributed by atoms with Gasteiger partial charge in [0.1, 0.15) is 0 Å². The van der Waals surface area contributed by atoms with Gasteiger partial charge in [-0.3, -0.25) is 4.99 Å². The van der Waals surface area contributed by atoms with Crippen molar-refractivity contribution in [2.45, 2.75) is 25.2 Å². The van der Waals surface area contributed by atoms with Gasteiger partial charge in [0.15, 0.2) is 5.96 Å². The van der Waals surface area contributed by atoms with Gasteiger partial charge in [0.25, 0.3) is 0 Å². The largest absolute Gasteiger partial charge is 0.356 e. The number of hydrogen-bond donors (Lipinski definition) is 1. The van der Waals surface area contributed by atoms with Gasteiger partial charge in [-0.1, -0.05) is 60.7 Å². The first kappa shape index (κ1) is 19.8. The van der Waals surface area contributed by atoms with Crippen molar-refractivity contribution in [1.82, 2.24) is 10.2 Å². The number of nitrogens with one attached hydrogen (secondary N) is 1. The lowest BCUT2D eigenvalue weighted by Gasteiger charge is -2.21. The van der Waals surface area contributed by atoms with Crippen LogP contribution in [0.4, 0.5) is 0 Å². The summed E-state index contributed by atoms with van der Waals surface area (Å²) in [5.41, 5.74) is 2.85. The zero-order valence-electron chi connectivity index (χ0n) is 14.9. The lowest BCUT2D eigenvalue weighted by atomic mass is 9.99. The Hall–Kier alpha value is -1.56. The molecule has 0 aromatic heterocycles. The molecular weight excluding hydrogens is 421 g/mol. The van der Waals surface area contributed by atoms with Crippen LogP contribution in [0, 0.1) is 0 Å². The highest BCUT2D eigenvalue weighted by molar-refractivity contribution is 14.0.